The zero-order chi connectivity index (χ0) is 20.5. The van der Waals surface area contributed by atoms with E-state index in [-0.39, 0.29) is 12.1 Å². The third kappa shape index (κ3) is 5.74. The minimum absolute atomic E-state index is 0.0612. The minimum atomic E-state index is -0.0718. The van der Waals surface area contributed by atoms with Crippen molar-refractivity contribution in [3.8, 4) is 5.69 Å². The number of amides is 1. The van der Waals surface area contributed by atoms with Crippen LogP contribution in [0.2, 0.25) is 0 Å². The normalized spacial score (nSPS) is 17.6. The molecule has 29 heavy (non-hydrogen) atoms. The second kappa shape index (κ2) is 10.5. The van der Waals surface area contributed by atoms with Crippen molar-refractivity contribution in [2.24, 2.45) is 10.7 Å². The molecule has 0 spiro atoms. The molecule has 8 heteroatoms. The summed E-state index contributed by atoms with van der Waals surface area (Å²) in [5.74, 6) is -0.0718. The average molecular weight is 396 g/mol. The minimum Gasteiger partial charge on any atom is -0.402 e. The smallest absolute Gasteiger partial charge is 0.256 e. The van der Waals surface area contributed by atoms with Gasteiger partial charge in [-0.25, -0.2) is 0 Å². The van der Waals surface area contributed by atoms with Gasteiger partial charge in [-0.15, -0.1) is 0 Å². The Morgan fingerprint density at radius 3 is 2.86 bits per heavy atom. The fourth-order valence-electron chi connectivity index (χ4n) is 3.17. The molecule has 2 aromatic rings. The van der Waals surface area contributed by atoms with Crippen LogP contribution in [0, 0.1) is 0 Å². The molecule has 154 valence electrons. The molecule has 3 rings (SSSR count). The number of ether oxygens (including phenoxy) is 1. The van der Waals surface area contributed by atoms with Crippen molar-refractivity contribution in [1.82, 2.24) is 19.9 Å². The van der Waals surface area contributed by atoms with Crippen molar-refractivity contribution < 1.29 is 9.53 Å². The van der Waals surface area contributed by atoms with Gasteiger partial charge >= 0.3 is 0 Å². The predicted octanol–water partition coefficient (Wildman–Crippen LogP) is 2.56. The summed E-state index contributed by atoms with van der Waals surface area (Å²) < 4.78 is 5.56. The quantitative estimate of drug-likeness (QED) is 0.692. The van der Waals surface area contributed by atoms with Crippen LogP contribution in [0.3, 0.4) is 0 Å². The number of benzene rings is 1. The molecule has 0 radical (unpaired) electrons. The van der Waals surface area contributed by atoms with E-state index < -0.39 is 0 Å². The van der Waals surface area contributed by atoms with Gasteiger partial charge in [-0.05, 0) is 44.4 Å². The third-order valence-electron chi connectivity index (χ3n) is 4.80. The second-order valence-corrected chi connectivity index (χ2v) is 6.83. The summed E-state index contributed by atoms with van der Waals surface area (Å²) in [5.41, 5.74) is 8.00. The van der Waals surface area contributed by atoms with E-state index in [1.54, 1.807) is 35.7 Å². The van der Waals surface area contributed by atoms with Crippen molar-refractivity contribution >= 4 is 12.1 Å². The molecule has 0 saturated carbocycles. The summed E-state index contributed by atoms with van der Waals surface area (Å²) in [4.78, 5) is 20.7. The number of carbonyl (C=O) groups excluding carboxylic acids is 1. The monoisotopic (exact) mass is 396 g/mol. The Hall–Kier alpha value is -3.00. The van der Waals surface area contributed by atoms with E-state index in [0.717, 1.165) is 25.9 Å². The highest BCUT2D eigenvalue weighted by Gasteiger charge is 2.19. The van der Waals surface area contributed by atoms with Gasteiger partial charge in [0.05, 0.1) is 23.6 Å². The summed E-state index contributed by atoms with van der Waals surface area (Å²) in [6.45, 7) is 3.82. The number of nitrogens with two attached hydrogens (primary N) is 1. The Morgan fingerprint density at radius 1 is 1.34 bits per heavy atom. The molecule has 1 unspecified atom stereocenters. The number of carbonyl (C=O) groups is 1. The molecule has 2 heterocycles. The van der Waals surface area contributed by atoms with Crippen molar-refractivity contribution in [1.29, 1.82) is 0 Å². The number of hydrogen-bond donors (Lipinski definition) is 1. The highest BCUT2D eigenvalue weighted by Crippen LogP contribution is 2.16. The summed E-state index contributed by atoms with van der Waals surface area (Å²) in [6, 6.07) is 7.33. The number of nitrogens with zero attached hydrogens (tertiary/aromatic N) is 5. The highest BCUT2D eigenvalue weighted by molar-refractivity contribution is 5.97. The molecule has 0 aliphatic carbocycles. The SMILES string of the molecule is CCN(CCC(N)=CC=NC1CCCCO1)C(=O)c1ccccc1-n1nccn1. The lowest BCUT2D eigenvalue weighted by atomic mass is 10.1. The number of aromatic nitrogens is 3. The first kappa shape index (κ1) is 20.7. The van der Waals surface area contributed by atoms with Crippen LogP contribution in [0.4, 0.5) is 0 Å². The zero-order valence-corrected chi connectivity index (χ0v) is 16.8. The second-order valence-electron chi connectivity index (χ2n) is 6.83. The maximum absolute atomic E-state index is 13.1. The van der Waals surface area contributed by atoms with Crippen LogP contribution < -0.4 is 5.73 Å². The van der Waals surface area contributed by atoms with Crippen molar-refractivity contribution in [2.75, 3.05) is 19.7 Å². The van der Waals surface area contributed by atoms with E-state index in [2.05, 4.69) is 15.2 Å². The van der Waals surface area contributed by atoms with Gasteiger partial charge < -0.3 is 15.4 Å². The number of allylic oxidation sites excluding steroid dienone is 1. The van der Waals surface area contributed by atoms with E-state index >= 15 is 0 Å². The fourth-order valence-corrected chi connectivity index (χ4v) is 3.17. The summed E-state index contributed by atoms with van der Waals surface area (Å²) in [6.07, 6.45) is 10.4. The van der Waals surface area contributed by atoms with E-state index in [1.807, 2.05) is 25.1 Å². The lowest BCUT2D eigenvalue weighted by Gasteiger charge is -2.22. The van der Waals surface area contributed by atoms with Crippen LogP contribution in [0.15, 0.2) is 53.4 Å². The Balaban J connectivity index is 1.61. The Bertz CT molecular complexity index is 841. The van der Waals surface area contributed by atoms with Gasteiger partial charge in [0.1, 0.15) is 6.23 Å². The molecule has 1 atom stereocenters. The topological polar surface area (TPSA) is 98.6 Å². The van der Waals surface area contributed by atoms with E-state index in [0.29, 0.717) is 36.5 Å². The number of hydrogen-bond acceptors (Lipinski definition) is 6. The van der Waals surface area contributed by atoms with E-state index in [4.69, 9.17) is 10.5 Å². The first-order valence-corrected chi connectivity index (χ1v) is 10.0. The molecule has 8 nitrogen and oxygen atoms in total. The molecule has 0 bridgehead atoms. The van der Waals surface area contributed by atoms with Gasteiger partial charge in [-0.3, -0.25) is 9.79 Å². The van der Waals surface area contributed by atoms with Crippen molar-refractivity contribution in [2.45, 2.75) is 38.8 Å². The molecule has 1 aliphatic heterocycles. The van der Waals surface area contributed by atoms with Crippen LogP contribution in [0.5, 0.6) is 0 Å². The first-order valence-electron chi connectivity index (χ1n) is 10.0. The lowest BCUT2D eigenvalue weighted by molar-refractivity contribution is 0.0227. The van der Waals surface area contributed by atoms with Crippen molar-refractivity contribution in [3.05, 3.63) is 54.0 Å². The maximum atomic E-state index is 13.1. The van der Waals surface area contributed by atoms with Gasteiger partial charge in [-0.1, -0.05) is 12.1 Å². The Kier molecular flexibility index (Phi) is 7.52. The van der Waals surface area contributed by atoms with Crippen LogP contribution in [0.25, 0.3) is 5.69 Å². The van der Waals surface area contributed by atoms with Crippen LogP contribution in [0.1, 0.15) is 43.0 Å². The fraction of sp³-hybridized carbons (Fsp3) is 0.429. The van der Waals surface area contributed by atoms with Gasteiger partial charge in [0.15, 0.2) is 0 Å². The predicted molar refractivity (Wildman–Crippen MR) is 112 cm³/mol. The van der Waals surface area contributed by atoms with E-state index in [9.17, 15) is 4.79 Å². The third-order valence-corrected chi connectivity index (χ3v) is 4.80. The van der Waals surface area contributed by atoms with Gasteiger partial charge in [0.2, 0.25) is 0 Å². The molecule has 1 aromatic heterocycles. The summed E-state index contributed by atoms with van der Waals surface area (Å²) in [7, 11) is 0. The number of rotatable bonds is 8. The average Bonchev–Trinajstić information content (AvgIpc) is 3.29. The lowest BCUT2D eigenvalue weighted by Crippen LogP contribution is -2.33. The van der Waals surface area contributed by atoms with Crippen molar-refractivity contribution in [3.63, 3.8) is 0 Å². The van der Waals surface area contributed by atoms with Gasteiger partial charge in [0.25, 0.3) is 5.91 Å². The maximum Gasteiger partial charge on any atom is 0.256 e. The number of para-hydroxylation sites is 1. The summed E-state index contributed by atoms with van der Waals surface area (Å²) in [5, 5.41) is 8.28. The molecular formula is C21H28N6O2. The number of aliphatic imine (C=N–C) groups is 1. The molecule has 1 fully saturated rings. The molecular weight excluding hydrogens is 368 g/mol. The van der Waals surface area contributed by atoms with Crippen LogP contribution >= 0.6 is 0 Å². The van der Waals surface area contributed by atoms with E-state index in [1.165, 1.54) is 4.80 Å². The molecule has 2 N–H and O–H groups in total. The largest absolute Gasteiger partial charge is 0.402 e. The van der Waals surface area contributed by atoms with Crippen LogP contribution in [-0.2, 0) is 4.74 Å². The molecule has 1 saturated heterocycles. The van der Waals surface area contributed by atoms with Gasteiger partial charge in [0, 0.05) is 38.0 Å². The Labute approximate surface area is 171 Å². The highest BCUT2D eigenvalue weighted by atomic mass is 16.5. The van der Waals surface area contributed by atoms with Gasteiger partial charge in [-0.2, -0.15) is 15.0 Å². The first-order chi connectivity index (χ1) is 14.2. The molecule has 1 amide bonds. The zero-order valence-electron chi connectivity index (χ0n) is 16.8. The van der Waals surface area contributed by atoms with Crippen LogP contribution in [-0.4, -0.2) is 57.9 Å². The summed E-state index contributed by atoms with van der Waals surface area (Å²) >= 11 is 0. The molecule has 1 aliphatic rings. The standard InChI is InChI=1S/C21H28N6O2/c1-2-26(15-11-17(22)10-12-23-20-9-5-6-16-29-20)21(28)18-7-3-4-8-19(18)27-24-13-14-25-27/h3-4,7-8,10,12-14,20H,2,5-6,9,11,15-16,22H2,1H3. The Morgan fingerprint density at radius 2 is 2.14 bits per heavy atom. The molecule has 1 aromatic carbocycles.